The molecule has 0 N–H and O–H groups in total. The lowest BCUT2D eigenvalue weighted by Crippen LogP contribution is -2.14. The molecule has 0 amide bonds. The molecule has 0 heterocycles. The van der Waals surface area contributed by atoms with Gasteiger partial charge in [-0.05, 0) is 19.9 Å². The van der Waals surface area contributed by atoms with E-state index in [0.29, 0.717) is 0 Å². The monoisotopic (exact) mass is 285 g/mol. The van der Waals surface area contributed by atoms with Crippen LogP contribution in [0.5, 0.6) is 0 Å². The molecule has 1 unspecified atom stereocenters. The third-order valence-electron chi connectivity index (χ3n) is 2.39. The van der Waals surface area contributed by atoms with Crippen LogP contribution in [0.1, 0.15) is 35.1 Å². The molecule has 0 fully saturated rings. The third-order valence-corrected chi connectivity index (χ3v) is 2.91. The lowest BCUT2D eigenvalue weighted by molar-refractivity contribution is -0.385. The zero-order valence-electron chi connectivity index (χ0n) is 10.4. The Morgan fingerprint density at radius 1 is 1.47 bits per heavy atom. The van der Waals surface area contributed by atoms with Gasteiger partial charge in [-0.2, -0.15) is 0 Å². The summed E-state index contributed by atoms with van der Waals surface area (Å²) in [4.78, 5) is 33.4. The van der Waals surface area contributed by atoms with Crippen LogP contribution in [0.3, 0.4) is 0 Å². The van der Waals surface area contributed by atoms with Gasteiger partial charge in [0, 0.05) is 6.07 Å². The molecule has 7 heteroatoms. The Balaban J connectivity index is 3.46. The number of ketones is 1. The fraction of sp³-hybridized carbons (Fsp3) is 0.333. The Morgan fingerprint density at radius 2 is 2.11 bits per heavy atom. The Bertz CT molecular complexity index is 529. The van der Waals surface area contributed by atoms with Crippen LogP contribution in [-0.4, -0.2) is 23.3 Å². The minimum absolute atomic E-state index is 0.0637. The van der Waals surface area contributed by atoms with E-state index in [1.807, 2.05) is 0 Å². The average molecular weight is 286 g/mol. The molecule has 1 aromatic rings. The molecule has 0 radical (unpaired) electrons. The van der Waals surface area contributed by atoms with Crippen LogP contribution in [-0.2, 0) is 9.53 Å². The third kappa shape index (κ3) is 3.29. The van der Waals surface area contributed by atoms with E-state index < -0.39 is 22.1 Å². The molecule has 0 spiro atoms. The summed E-state index contributed by atoms with van der Waals surface area (Å²) in [5, 5.41) is 9.70. The van der Waals surface area contributed by atoms with Gasteiger partial charge in [0.1, 0.15) is 5.38 Å². The quantitative estimate of drug-likeness (QED) is 0.359. The first-order chi connectivity index (χ1) is 8.90. The van der Waals surface area contributed by atoms with Crippen molar-refractivity contribution in [1.82, 2.24) is 0 Å². The second-order valence-corrected chi connectivity index (χ2v) is 4.13. The van der Waals surface area contributed by atoms with Crippen LogP contribution >= 0.6 is 11.6 Å². The average Bonchev–Trinajstić information content (AvgIpc) is 2.36. The summed E-state index contributed by atoms with van der Waals surface area (Å²) >= 11 is 5.88. The molecular weight excluding hydrogens is 274 g/mol. The van der Waals surface area contributed by atoms with Gasteiger partial charge in [0.25, 0.3) is 5.69 Å². The zero-order valence-corrected chi connectivity index (χ0v) is 11.1. The lowest BCUT2D eigenvalue weighted by atomic mass is 10.00. The SMILES string of the molecule is CCOC(=O)c1cccc([N+](=O)[O-])c1C(Cl)C(C)=O. The minimum Gasteiger partial charge on any atom is -0.462 e. The normalized spacial score (nSPS) is 11.7. The van der Waals surface area contributed by atoms with Crippen molar-refractivity contribution in [1.29, 1.82) is 0 Å². The molecule has 1 rings (SSSR count). The fourth-order valence-electron chi connectivity index (χ4n) is 1.57. The number of hydrogen-bond acceptors (Lipinski definition) is 5. The number of esters is 1. The number of halogens is 1. The Morgan fingerprint density at radius 3 is 2.58 bits per heavy atom. The van der Waals surface area contributed by atoms with E-state index >= 15 is 0 Å². The van der Waals surface area contributed by atoms with Gasteiger partial charge >= 0.3 is 5.97 Å². The molecule has 19 heavy (non-hydrogen) atoms. The number of nitrogens with zero attached hydrogens (tertiary/aromatic N) is 1. The Kier molecular flexibility index (Phi) is 5.00. The van der Waals surface area contributed by atoms with Crippen LogP contribution in [0, 0.1) is 10.1 Å². The standard InChI is InChI=1S/C12H12ClNO5/c1-3-19-12(16)8-5-4-6-9(14(17)18)10(8)11(13)7(2)15/h4-6,11H,3H2,1-2H3. The molecule has 0 saturated carbocycles. The molecular formula is C12H12ClNO5. The van der Waals surface area contributed by atoms with Crippen molar-refractivity contribution in [2.45, 2.75) is 19.2 Å². The van der Waals surface area contributed by atoms with Crippen LogP contribution < -0.4 is 0 Å². The van der Waals surface area contributed by atoms with Crippen molar-refractivity contribution in [3.63, 3.8) is 0 Å². The predicted molar refractivity (Wildman–Crippen MR) is 68.3 cm³/mol. The smallest absolute Gasteiger partial charge is 0.338 e. The highest BCUT2D eigenvalue weighted by Gasteiger charge is 2.30. The first-order valence-electron chi connectivity index (χ1n) is 5.49. The van der Waals surface area contributed by atoms with Crippen LogP contribution in [0.4, 0.5) is 5.69 Å². The summed E-state index contributed by atoms with van der Waals surface area (Å²) in [7, 11) is 0. The molecule has 0 saturated heterocycles. The first-order valence-corrected chi connectivity index (χ1v) is 5.92. The van der Waals surface area contributed by atoms with Crippen molar-refractivity contribution >= 4 is 29.0 Å². The van der Waals surface area contributed by atoms with Crippen molar-refractivity contribution in [3.8, 4) is 0 Å². The highest BCUT2D eigenvalue weighted by Crippen LogP contribution is 2.33. The number of carbonyl (C=O) groups excluding carboxylic acids is 2. The van der Waals surface area contributed by atoms with E-state index in [9.17, 15) is 19.7 Å². The fourth-order valence-corrected chi connectivity index (χ4v) is 1.80. The molecule has 0 bridgehead atoms. The minimum atomic E-state index is -1.26. The number of carbonyl (C=O) groups is 2. The number of alkyl halides is 1. The molecule has 1 atom stereocenters. The van der Waals surface area contributed by atoms with Crippen LogP contribution in [0.25, 0.3) is 0 Å². The van der Waals surface area contributed by atoms with E-state index in [1.54, 1.807) is 6.92 Å². The topological polar surface area (TPSA) is 86.5 Å². The van der Waals surface area contributed by atoms with Gasteiger partial charge in [-0.15, -0.1) is 11.6 Å². The largest absolute Gasteiger partial charge is 0.462 e. The molecule has 0 aliphatic carbocycles. The molecule has 102 valence electrons. The molecule has 0 aliphatic heterocycles. The van der Waals surface area contributed by atoms with Crippen molar-refractivity contribution in [2.75, 3.05) is 6.61 Å². The van der Waals surface area contributed by atoms with Crippen LogP contribution in [0.15, 0.2) is 18.2 Å². The number of nitro benzene ring substituents is 1. The summed E-state index contributed by atoms with van der Waals surface area (Å²) in [5.74, 6) is -1.23. The zero-order chi connectivity index (χ0) is 14.6. The van der Waals surface area contributed by atoms with Gasteiger partial charge in [-0.1, -0.05) is 6.07 Å². The number of nitro groups is 1. The molecule has 1 aromatic carbocycles. The maximum atomic E-state index is 11.8. The predicted octanol–water partition coefficient (Wildman–Crippen LogP) is 2.64. The Hall–Kier alpha value is -1.95. The highest BCUT2D eigenvalue weighted by molar-refractivity contribution is 6.31. The maximum absolute atomic E-state index is 11.8. The summed E-state index contributed by atoms with van der Waals surface area (Å²) in [6, 6.07) is 3.88. The highest BCUT2D eigenvalue weighted by atomic mass is 35.5. The Labute approximate surface area is 114 Å². The van der Waals surface area contributed by atoms with Gasteiger partial charge < -0.3 is 4.74 Å². The summed E-state index contributed by atoms with van der Waals surface area (Å²) in [6.45, 7) is 2.93. The molecule has 6 nitrogen and oxygen atoms in total. The van der Waals surface area contributed by atoms with Crippen molar-refractivity contribution in [3.05, 3.63) is 39.4 Å². The van der Waals surface area contributed by atoms with E-state index in [4.69, 9.17) is 16.3 Å². The van der Waals surface area contributed by atoms with Crippen molar-refractivity contribution < 1.29 is 19.2 Å². The second-order valence-electron chi connectivity index (χ2n) is 3.69. The van der Waals surface area contributed by atoms with E-state index in [0.717, 1.165) is 0 Å². The molecule has 0 aliphatic rings. The molecule has 0 aromatic heterocycles. The summed E-state index contributed by atoms with van der Waals surface area (Å²) < 4.78 is 4.80. The lowest BCUT2D eigenvalue weighted by Gasteiger charge is -2.12. The maximum Gasteiger partial charge on any atom is 0.338 e. The van der Waals surface area contributed by atoms with Crippen molar-refractivity contribution in [2.24, 2.45) is 0 Å². The number of hydrogen-bond donors (Lipinski definition) is 0. The van der Waals surface area contributed by atoms with Crippen LogP contribution in [0.2, 0.25) is 0 Å². The van der Waals surface area contributed by atoms with Gasteiger partial charge in [0.15, 0.2) is 5.78 Å². The van der Waals surface area contributed by atoms with Gasteiger partial charge in [0.05, 0.1) is 22.7 Å². The summed E-state index contributed by atoms with van der Waals surface area (Å²) in [5.41, 5.74) is -0.563. The van der Waals surface area contributed by atoms with Gasteiger partial charge in [0.2, 0.25) is 0 Å². The number of benzene rings is 1. The van der Waals surface area contributed by atoms with E-state index in [2.05, 4.69) is 0 Å². The first kappa shape index (κ1) is 15.1. The number of Topliss-reactive ketones (excluding diaryl/α,β-unsaturated/α-hetero) is 1. The number of rotatable bonds is 5. The van der Waals surface area contributed by atoms with Gasteiger partial charge in [-0.3, -0.25) is 14.9 Å². The second kappa shape index (κ2) is 6.29. The number of ether oxygens (including phenoxy) is 1. The summed E-state index contributed by atoms with van der Waals surface area (Å²) in [6.07, 6.45) is 0. The van der Waals surface area contributed by atoms with E-state index in [-0.39, 0.29) is 23.4 Å². The van der Waals surface area contributed by atoms with Gasteiger partial charge in [-0.25, -0.2) is 4.79 Å². The van der Waals surface area contributed by atoms with E-state index in [1.165, 1.54) is 25.1 Å².